The van der Waals surface area contributed by atoms with E-state index in [1.54, 1.807) is 23.1 Å². The van der Waals surface area contributed by atoms with Gasteiger partial charge < -0.3 is 15.1 Å². The third-order valence-electron chi connectivity index (χ3n) is 3.63. The van der Waals surface area contributed by atoms with Gasteiger partial charge in [0.2, 0.25) is 0 Å². The highest BCUT2D eigenvalue weighted by Gasteiger charge is 2.30. The number of aliphatic hydroxyl groups is 1. The number of carbonyl (C=O) groups excluding carboxylic acids is 1. The van der Waals surface area contributed by atoms with Crippen molar-refractivity contribution in [2.75, 3.05) is 13.2 Å². The molecule has 4 nitrogen and oxygen atoms in total. The van der Waals surface area contributed by atoms with Crippen LogP contribution >= 0.6 is 0 Å². The first-order chi connectivity index (χ1) is 8.63. The molecule has 18 heavy (non-hydrogen) atoms. The molecule has 1 aliphatic heterocycles. The number of carbonyl (C=O) groups is 1. The van der Waals surface area contributed by atoms with Gasteiger partial charge in [-0.2, -0.15) is 0 Å². The number of nitrogens with zero attached hydrogens (tertiary/aromatic N) is 1. The number of hydrogen-bond acceptors (Lipinski definition) is 3. The van der Waals surface area contributed by atoms with E-state index in [0.29, 0.717) is 12.1 Å². The Morgan fingerprint density at radius 2 is 2.11 bits per heavy atom. The molecular formula is C14H19NO3. The van der Waals surface area contributed by atoms with Gasteiger partial charge in [0.15, 0.2) is 0 Å². The molecule has 0 bridgehead atoms. The SMILES string of the molecule is CC1CCC(CO)CN1C(=O)c1ccccc1O. The lowest BCUT2D eigenvalue weighted by Crippen LogP contribution is -2.46. The van der Waals surface area contributed by atoms with Crippen LogP contribution in [0.3, 0.4) is 0 Å². The zero-order valence-electron chi connectivity index (χ0n) is 10.5. The second kappa shape index (κ2) is 5.40. The van der Waals surface area contributed by atoms with Crippen LogP contribution in [0.15, 0.2) is 24.3 Å². The zero-order chi connectivity index (χ0) is 13.1. The van der Waals surface area contributed by atoms with Crippen molar-refractivity contribution in [2.24, 2.45) is 5.92 Å². The Bertz CT molecular complexity index is 433. The normalized spacial score (nSPS) is 24.0. The van der Waals surface area contributed by atoms with Crippen molar-refractivity contribution in [3.8, 4) is 5.75 Å². The lowest BCUT2D eigenvalue weighted by atomic mass is 9.93. The fourth-order valence-electron chi connectivity index (χ4n) is 2.42. The molecule has 0 aliphatic carbocycles. The average Bonchev–Trinajstić information content (AvgIpc) is 2.39. The summed E-state index contributed by atoms with van der Waals surface area (Å²) in [7, 11) is 0. The van der Waals surface area contributed by atoms with Gasteiger partial charge in [-0.3, -0.25) is 4.79 Å². The summed E-state index contributed by atoms with van der Waals surface area (Å²) in [4.78, 5) is 14.1. The predicted molar refractivity (Wildman–Crippen MR) is 68.4 cm³/mol. The van der Waals surface area contributed by atoms with Gasteiger partial charge in [-0.1, -0.05) is 12.1 Å². The molecule has 0 radical (unpaired) electrons. The van der Waals surface area contributed by atoms with Crippen LogP contribution in [-0.4, -0.2) is 40.2 Å². The molecular weight excluding hydrogens is 230 g/mol. The smallest absolute Gasteiger partial charge is 0.257 e. The van der Waals surface area contributed by atoms with Gasteiger partial charge in [0.1, 0.15) is 5.75 Å². The Morgan fingerprint density at radius 1 is 1.39 bits per heavy atom. The number of para-hydroxylation sites is 1. The van der Waals surface area contributed by atoms with Crippen molar-refractivity contribution in [1.82, 2.24) is 4.90 Å². The lowest BCUT2D eigenvalue weighted by Gasteiger charge is -2.37. The molecule has 2 unspecified atom stereocenters. The molecule has 2 atom stereocenters. The molecule has 1 amide bonds. The highest BCUT2D eigenvalue weighted by molar-refractivity contribution is 5.97. The molecule has 0 saturated carbocycles. The van der Waals surface area contributed by atoms with Gasteiger partial charge in [0, 0.05) is 19.2 Å². The number of piperidine rings is 1. The maximum atomic E-state index is 12.4. The van der Waals surface area contributed by atoms with E-state index in [0.717, 1.165) is 12.8 Å². The first-order valence-corrected chi connectivity index (χ1v) is 6.33. The third kappa shape index (κ3) is 2.48. The summed E-state index contributed by atoms with van der Waals surface area (Å²) in [5, 5.41) is 18.9. The van der Waals surface area contributed by atoms with Crippen LogP contribution in [0.1, 0.15) is 30.1 Å². The number of amides is 1. The van der Waals surface area contributed by atoms with E-state index in [9.17, 15) is 15.0 Å². The summed E-state index contributed by atoms with van der Waals surface area (Å²) < 4.78 is 0. The van der Waals surface area contributed by atoms with E-state index in [-0.39, 0.29) is 30.2 Å². The van der Waals surface area contributed by atoms with Gasteiger partial charge in [0.25, 0.3) is 5.91 Å². The summed E-state index contributed by atoms with van der Waals surface area (Å²) in [5.74, 6) is 0.00979. The number of aliphatic hydroxyl groups excluding tert-OH is 1. The number of hydrogen-bond donors (Lipinski definition) is 2. The fraction of sp³-hybridized carbons (Fsp3) is 0.500. The van der Waals surface area contributed by atoms with Crippen LogP contribution in [-0.2, 0) is 0 Å². The quantitative estimate of drug-likeness (QED) is 0.837. The highest BCUT2D eigenvalue weighted by atomic mass is 16.3. The molecule has 1 fully saturated rings. The molecule has 1 aromatic carbocycles. The standard InChI is InChI=1S/C14H19NO3/c1-10-6-7-11(9-16)8-15(10)14(18)12-4-2-3-5-13(12)17/h2-5,10-11,16-17H,6-9H2,1H3. The molecule has 0 aromatic heterocycles. The van der Waals surface area contributed by atoms with E-state index < -0.39 is 0 Å². The molecule has 1 aliphatic rings. The Labute approximate surface area is 107 Å². The van der Waals surface area contributed by atoms with Crippen LogP contribution in [0.4, 0.5) is 0 Å². The minimum absolute atomic E-state index is 0.0146. The van der Waals surface area contributed by atoms with Crippen molar-refractivity contribution in [1.29, 1.82) is 0 Å². The molecule has 1 saturated heterocycles. The van der Waals surface area contributed by atoms with Crippen LogP contribution in [0.2, 0.25) is 0 Å². The maximum absolute atomic E-state index is 12.4. The Morgan fingerprint density at radius 3 is 2.78 bits per heavy atom. The second-order valence-corrected chi connectivity index (χ2v) is 4.95. The first-order valence-electron chi connectivity index (χ1n) is 6.33. The van der Waals surface area contributed by atoms with Crippen LogP contribution < -0.4 is 0 Å². The van der Waals surface area contributed by atoms with Gasteiger partial charge in [-0.15, -0.1) is 0 Å². The minimum atomic E-state index is -0.154. The monoisotopic (exact) mass is 249 g/mol. The number of likely N-dealkylation sites (tertiary alicyclic amines) is 1. The summed E-state index contributed by atoms with van der Waals surface area (Å²) in [6, 6.07) is 6.74. The van der Waals surface area contributed by atoms with Crippen molar-refractivity contribution in [3.05, 3.63) is 29.8 Å². The Hall–Kier alpha value is -1.55. The molecule has 2 N–H and O–H groups in total. The molecule has 2 rings (SSSR count). The van der Waals surface area contributed by atoms with Crippen LogP contribution in [0.25, 0.3) is 0 Å². The van der Waals surface area contributed by atoms with Crippen molar-refractivity contribution in [2.45, 2.75) is 25.8 Å². The van der Waals surface area contributed by atoms with Crippen LogP contribution in [0, 0.1) is 5.92 Å². The summed E-state index contributed by atoms with van der Waals surface area (Å²) in [5.41, 5.74) is 0.336. The van der Waals surface area contributed by atoms with E-state index in [1.807, 2.05) is 6.92 Å². The molecule has 4 heteroatoms. The fourth-order valence-corrected chi connectivity index (χ4v) is 2.42. The van der Waals surface area contributed by atoms with Crippen molar-refractivity contribution < 1.29 is 15.0 Å². The minimum Gasteiger partial charge on any atom is -0.507 e. The third-order valence-corrected chi connectivity index (χ3v) is 3.63. The number of phenolic OH excluding ortho intramolecular Hbond substituents is 1. The zero-order valence-corrected chi connectivity index (χ0v) is 10.5. The molecule has 98 valence electrons. The van der Waals surface area contributed by atoms with E-state index in [1.165, 1.54) is 6.07 Å². The topological polar surface area (TPSA) is 60.8 Å². The summed E-state index contributed by atoms with van der Waals surface area (Å²) in [6.45, 7) is 2.67. The number of benzene rings is 1. The predicted octanol–water partition coefficient (Wildman–Crippen LogP) is 1.63. The summed E-state index contributed by atoms with van der Waals surface area (Å²) >= 11 is 0. The molecule has 0 spiro atoms. The van der Waals surface area contributed by atoms with E-state index in [2.05, 4.69) is 0 Å². The molecule has 1 aromatic rings. The van der Waals surface area contributed by atoms with Gasteiger partial charge in [0.05, 0.1) is 5.56 Å². The second-order valence-electron chi connectivity index (χ2n) is 4.95. The number of phenols is 1. The summed E-state index contributed by atoms with van der Waals surface area (Å²) in [6.07, 6.45) is 1.84. The van der Waals surface area contributed by atoms with Gasteiger partial charge in [-0.05, 0) is 37.8 Å². The maximum Gasteiger partial charge on any atom is 0.257 e. The van der Waals surface area contributed by atoms with Gasteiger partial charge in [-0.25, -0.2) is 0 Å². The largest absolute Gasteiger partial charge is 0.507 e. The lowest BCUT2D eigenvalue weighted by molar-refractivity contribution is 0.0486. The van der Waals surface area contributed by atoms with Crippen LogP contribution in [0.5, 0.6) is 5.75 Å². The number of rotatable bonds is 2. The van der Waals surface area contributed by atoms with Crippen molar-refractivity contribution >= 4 is 5.91 Å². The van der Waals surface area contributed by atoms with Gasteiger partial charge >= 0.3 is 0 Å². The Kier molecular flexibility index (Phi) is 3.87. The first kappa shape index (κ1) is 12.9. The Balaban J connectivity index is 2.19. The van der Waals surface area contributed by atoms with Crippen molar-refractivity contribution in [3.63, 3.8) is 0 Å². The average molecular weight is 249 g/mol. The van der Waals surface area contributed by atoms with E-state index >= 15 is 0 Å². The molecule has 1 heterocycles. The highest BCUT2D eigenvalue weighted by Crippen LogP contribution is 2.26. The van der Waals surface area contributed by atoms with E-state index in [4.69, 9.17) is 0 Å². The number of aromatic hydroxyl groups is 1.